The Kier molecular flexibility index (Phi) is 3.97. The minimum atomic E-state index is -0.444. The molecule has 1 rings (SSSR count). The minimum Gasteiger partial charge on any atom is -0.508 e. The monoisotopic (exact) mass is 209 g/mol. The molecule has 0 atom stereocenters. The number of unbranched alkanes of at least 4 members (excludes halogenated alkanes) is 1. The van der Waals surface area contributed by atoms with Crippen LogP contribution in [0, 0.1) is 0 Å². The van der Waals surface area contributed by atoms with Crippen molar-refractivity contribution in [3.05, 3.63) is 23.8 Å². The molecule has 0 unspecified atom stereocenters. The van der Waals surface area contributed by atoms with E-state index in [9.17, 15) is 4.79 Å². The Bertz CT molecular complexity index is 350. The average molecular weight is 209 g/mol. The van der Waals surface area contributed by atoms with E-state index < -0.39 is 5.97 Å². The molecule has 0 spiro atoms. The highest BCUT2D eigenvalue weighted by molar-refractivity contribution is 5.95. The summed E-state index contributed by atoms with van der Waals surface area (Å²) in [5, 5.41) is 9.10. The lowest BCUT2D eigenvalue weighted by atomic mass is 10.2. The molecule has 3 N–H and O–H groups in total. The predicted octanol–water partition coefficient (Wildman–Crippen LogP) is 1.93. The van der Waals surface area contributed by atoms with Crippen LogP contribution in [-0.4, -0.2) is 17.7 Å². The van der Waals surface area contributed by atoms with E-state index in [2.05, 4.69) is 0 Å². The van der Waals surface area contributed by atoms with Crippen molar-refractivity contribution in [1.29, 1.82) is 0 Å². The number of phenols is 1. The number of esters is 1. The van der Waals surface area contributed by atoms with Crippen molar-refractivity contribution in [2.75, 3.05) is 12.3 Å². The Hall–Kier alpha value is -1.71. The van der Waals surface area contributed by atoms with Gasteiger partial charge in [0.15, 0.2) is 0 Å². The SMILES string of the molecule is CCCCOC(=O)c1ccc(O)cc1N. The average Bonchev–Trinajstić information content (AvgIpc) is 2.17. The summed E-state index contributed by atoms with van der Waals surface area (Å²) in [7, 11) is 0. The number of phenolic OH excluding ortho intramolecular Hbond substituents is 1. The normalized spacial score (nSPS) is 9.93. The van der Waals surface area contributed by atoms with Crippen LogP contribution in [0.3, 0.4) is 0 Å². The molecular weight excluding hydrogens is 194 g/mol. The number of aromatic hydroxyl groups is 1. The fourth-order valence-corrected chi connectivity index (χ4v) is 1.12. The smallest absolute Gasteiger partial charge is 0.340 e. The Morgan fingerprint density at radius 2 is 2.27 bits per heavy atom. The third-order valence-electron chi connectivity index (χ3n) is 1.99. The molecule has 1 aromatic rings. The number of nitrogen functional groups attached to an aromatic ring is 1. The Morgan fingerprint density at radius 3 is 2.87 bits per heavy atom. The van der Waals surface area contributed by atoms with Crippen LogP contribution >= 0.6 is 0 Å². The van der Waals surface area contributed by atoms with Crippen LogP contribution in [0.1, 0.15) is 30.1 Å². The van der Waals surface area contributed by atoms with Crippen molar-refractivity contribution in [1.82, 2.24) is 0 Å². The number of hydrogen-bond donors (Lipinski definition) is 2. The highest BCUT2D eigenvalue weighted by Gasteiger charge is 2.10. The predicted molar refractivity (Wildman–Crippen MR) is 57.7 cm³/mol. The first kappa shape index (κ1) is 11.4. The number of nitrogens with two attached hydrogens (primary N) is 1. The molecule has 0 fully saturated rings. The molecule has 15 heavy (non-hydrogen) atoms. The van der Waals surface area contributed by atoms with E-state index in [0.29, 0.717) is 12.2 Å². The topological polar surface area (TPSA) is 72.5 Å². The number of ether oxygens (including phenoxy) is 1. The maximum atomic E-state index is 11.5. The first-order valence-electron chi connectivity index (χ1n) is 4.90. The largest absolute Gasteiger partial charge is 0.508 e. The van der Waals surface area contributed by atoms with E-state index in [1.54, 1.807) is 0 Å². The van der Waals surface area contributed by atoms with E-state index in [4.69, 9.17) is 15.6 Å². The van der Waals surface area contributed by atoms with Crippen molar-refractivity contribution in [2.45, 2.75) is 19.8 Å². The first-order valence-corrected chi connectivity index (χ1v) is 4.90. The van der Waals surface area contributed by atoms with E-state index in [1.165, 1.54) is 18.2 Å². The van der Waals surface area contributed by atoms with Gasteiger partial charge in [0.1, 0.15) is 5.75 Å². The van der Waals surface area contributed by atoms with E-state index in [-0.39, 0.29) is 11.4 Å². The molecule has 4 nitrogen and oxygen atoms in total. The number of benzene rings is 1. The number of carbonyl (C=O) groups excluding carboxylic acids is 1. The molecule has 0 aliphatic carbocycles. The van der Waals surface area contributed by atoms with E-state index in [0.717, 1.165) is 12.8 Å². The van der Waals surface area contributed by atoms with Gasteiger partial charge in [0.05, 0.1) is 12.2 Å². The molecular formula is C11H15NO3. The number of carbonyl (C=O) groups is 1. The van der Waals surface area contributed by atoms with Crippen molar-refractivity contribution in [3.8, 4) is 5.75 Å². The quantitative estimate of drug-likeness (QED) is 0.451. The molecule has 0 amide bonds. The zero-order valence-corrected chi connectivity index (χ0v) is 8.69. The molecule has 0 saturated heterocycles. The summed E-state index contributed by atoms with van der Waals surface area (Å²) in [6.45, 7) is 2.42. The third-order valence-corrected chi connectivity index (χ3v) is 1.99. The number of anilines is 1. The van der Waals surface area contributed by atoms with Crippen LogP contribution in [0.5, 0.6) is 5.75 Å². The van der Waals surface area contributed by atoms with E-state index >= 15 is 0 Å². The third kappa shape index (κ3) is 3.16. The molecule has 82 valence electrons. The van der Waals surface area contributed by atoms with Gasteiger partial charge in [-0.15, -0.1) is 0 Å². The lowest BCUT2D eigenvalue weighted by molar-refractivity contribution is 0.0501. The second-order valence-corrected chi connectivity index (χ2v) is 3.26. The van der Waals surface area contributed by atoms with Gasteiger partial charge in [0, 0.05) is 11.8 Å². The molecule has 0 bridgehead atoms. The summed E-state index contributed by atoms with van der Waals surface area (Å²) in [6, 6.07) is 4.20. The summed E-state index contributed by atoms with van der Waals surface area (Å²) in [6.07, 6.45) is 1.81. The summed E-state index contributed by atoms with van der Waals surface area (Å²) in [4.78, 5) is 11.5. The van der Waals surface area contributed by atoms with Gasteiger partial charge < -0.3 is 15.6 Å². The fraction of sp³-hybridized carbons (Fsp3) is 0.364. The Balaban J connectivity index is 2.65. The van der Waals surface area contributed by atoms with Crippen molar-refractivity contribution >= 4 is 11.7 Å². The van der Waals surface area contributed by atoms with Crippen molar-refractivity contribution in [3.63, 3.8) is 0 Å². The minimum absolute atomic E-state index is 0.0395. The standard InChI is InChI=1S/C11H15NO3/c1-2-3-6-15-11(14)9-5-4-8(13)7-10(9)12/h4-5,7,13H,2-3,6,12H2,1H3. The molecule has 0 aliphatic rings. The van der Waals surface area contributed by atoms with Gasteiger partial charge in [0.25, 0.3) is 0 Å². The van der Waals surface area contributed by atoms with Gasteiger partial charge >= 0.3 is 5.97 Å². The maximum absolute atomic E-state index is 11.5. The zero-order chi connectivity index (χ0) is 11.3. The van der Waals surface area contributed by atoms with Crippen LogP contribution in [0.15, 0.2) is 18.2 Å². The van der Waals surface area contributed by atoms with Crippen LogP contribution in [-0.2, 0) is 4.74 Å². The van der Waals surface area contributed by atoms with Gasteiger partial charge in [0.2, 0.25) is 0 Å². The summed E-state index contributed by atoms with van der Waals surface area (Å²) < 4.78 is 4.99. The van der Waals surface area contributed by atoms with Crippen molar-refractivity contribution in [2.24, 2.45) is 0 Å². The summed E-state index contributed by atoms with van der Waals surface area (Å²) in [5.41, 5.74) is 6.09. The highest BCUT2D eigenvalue weighted by atomic mass is 16.5. The molecule has 0 radical (unpaired) electrons. The molecule has 0 aromatic heterocycles. The van der Waals surface area contributed by atoms with Gasteiger partial charge in [-0.3, -0.25) is 0 Å². The van der Waals surface area contributed by atoms with Crippen LogP contribution in [0.2, 0.25) is 0 Å². The molecule has 0 heterocycles. The summed E-state index contributed by atoms with van der Waals surface area (Å²) in [5.74, 6) is -0.404. The van der Waals surface area contributed by atoms with Gasteiger partial charge in [-0.2, -0.15) is 0 Å². The zero-order valence-electron chi connectivity index (χ0n) is 8.69. The first-order chi connectivity index (χ1) is 7.15. The second-order valence-electron chi connectivity index (χ2n) is 3.26. The van der Waals surface area contributed by atoms with E-state index in [1.807, 2.05) is 6.92 Å². The maximum Gasteiger partial charge on any atom is 0.340 e. The van der Waals surface area contributed by atoms with Crippen LogP contribution in [0.4, 0.5) is 5.69 Å². The lowest BCUT2D eigenvalue weighted by Gasteiger charge is -2.06. The fourth-order valence-electron chi connectivity index (χ4n) is 1.12. The molecule has 1 aromatic carbocycles. The Morgan fingerprint density at radius 1 is 1.53 bits per heavy atom. The highest BCUT2D eigenvalue weighted by Crippen LogP contribution is 2.19. The van der Waals surface area contributed by atoms with Gasteiger partial charge in [-0.25, -0.2) is 4.79 Å². The van der Waals surface area contributed by atoms with Crippen LogP contribution < -0.4 is 5.73 Å². The number of hydrogen-bond acceptors (Lipinski definition) is 4. The lowest BCUT2D eigenvalue weighted by Crippen LogP contribution is -2.08. The second kappa shape index (κ2) is 5.24. The van der Waals surface area contributed by atoms with Gasteiger partial charge in [-0.1, -0.05) is 13.3 Å². The van der Waals surface area contributed by atoms with Crippen molar-refractivity contribution < 1.29 is 14.6 Å². The van der Waals surface area contributed by atoms with Crippen LogP contribution in [0.25, 0.3) is 0 Å². The molecule has 0 aliphatic heterocycles. The molecule has 4 heteroatoms. The summed E-state index contributed by atoms with van der Waals surface area (Å²) >= 11 is 0. The Labute approximate surface area is 88.7 Å². The number of rotatable bonds is 4. The molecule has 0 saturated carbocycles. The van der Waals surface area contributed by atoms with Gasteiger partial charge in [-0.05, 0) is 18.6 Å².